The quantitative estimate of drug-likeness (QED) is 0.919. The smallest absolute Gasteiger partial charge is 0.241 e. The van der Waals surface area contributed by atoms with E-state index >= 15 is 0 Å². The molecule has 21 heavy (non-hydrogen) atoms. The second kappa shape index (κ2) is 5.23. The number of imidazole rings is 1. The zero-order valence-electron chi connectivity index (χ0n) is 11.5. The van der Waals surface area contributed by atoms with E-state index in [4.69, 9.17) is 11.6 Å². The average Bonchev–Trinajstić information content (AvgIpc) is 2.99. The van der Waals surface area contributed by atoms with E-state index in [0.29, 0.717) is 17.9 Å². The van der Waals surface area contributed by atoms with Gasteiger partial charge < -0.3 is 5.32 Å². The first-order valence-electron chi connectivity index (χ1n) is 7.18. The van der Waals surface area contributed by atoms with Gasteiger partial charge in [-0.05, 0) is 30.9 Å². The summed E-state index contributed by atoms with van der Waals surface area (Å²) in [5, 5.41) is 3.56. The molecular formula is C13H16ClN7. The van der Waals surface area contributed by atoms with Crippen LogP contribution >= 0.6 is 11.6 Å². The predicted octanol–water partition coefficient (Wildman–Crippen LogP) is 1.36. The molecule has 0 aromatic carbocycles. The van der Waals surface area contributed by atoms with Gasteiger partial charge in [-0.2, -0.15) is 15.0 Å². The van der Waals surface area contributed by atoms with Crippen molar-refractivity contribution in [3.8, 4) is 5.95 Å². The lowest BCUT2D eigenvalue weighted by Gasteiger charge is -2.16. The van der Waals surface area contributed by atoms with E-state index in [2.05, 4.69) is 30.2 Å². The lowest BCUT2D eigenvalue weighted by molar-refractivity contribution is 0.326. The third kappa shape index (κ3) is 2.84. The van der Waals surface area contributed by atoms with Gasteiger partial charge in [0.1, 0.15) is 6.33 Å². The van der Waals surface area contributed by atoms with Crippen LogP contribution < -0.4 is 5.32 Å². The molecule has 0 amide bonds. The van der Waals surface area contributed by atoms with Crippen molar-refractivity contribution < 1.29 is 0 Å². The van der Waals surface area contributed by atoms with E-state index in [9.17, 15) is 0 Å². The van der Waals surface area contributed by atoms with Crippen LogP contribution in [0.25, 0.3) is 5.95 Å². The maximum absolute atomic E-state index is 6.00. The normalized spacial score (nSPS) is 22.6. The average molecular weight is 306 g/mol. The molecule has 1 saturated heterocycles. The Kier molecular flexibility index (Phi) is 3.23. The van der Waals surface area contributed by atoms with Gasteiger partial charge in [-0.1, -0.05) is 0 Å². The van der Waals surface area contributed by atoms with Crippen LogP contribution in [0.5, 0.6) is 0 Å². The van der Waals surface area contributed by atoms with Crippen molar-refractivity contribution in [2.45, 2.75) is 31.3 Å². The topological polar surface area (TPSA) is 71.8 Å². The third-order valence-electron chi connectivity index (χ3n) is 3.95. The molecule has 2 aromatic rings. The molecule has 7 nitrogen and oxygen atoms in total. The summed E-state index contributed by atoms with van der Waals surface area (Å²) in [6, 6.07) is 1.18. The molecular weight excluding hydrogens is 290 g/mol. The van der Waals surface area contributed by atoms with Crippen molar-refractivity contribution >= 4 is 17.5 Å². The van der Waals surface area contributed by atoms with Gasteiger partial charge in [0.05, 0.1) is 0 Å². The molecule has 0 radical (unpaired) electrons. The first-order chi connectivity index (χ1) is 10.3. The first kappa shape index (κ1) is 13.0. The van der Waals surface area contributed by atoms with E-state index in [1.165, 1.54) is 12.8 Å². The second-order valence-electron chi connectivity index (χ2n) is 5.55. The van der Waals surface area contributed by atoms with Gasteiger partial charge in [0.15, 0.2) is 0 Å². The number of rotatable bonds is 4. The Labute approximate surface area is 127 Å². The monoisotopic (exact) mass is 305 g/mol. The third-order valence-corrected chi connectivity index (χ3v) is 4.12. The number of nitrogens with zero attached hydrogens (tertiary/aromatic N) is 6. The Hall–Kier alpha value is -1.73. The van der Waals surface area contributed by atoms with Crippen molar-refractivity contribution in [1.82, 2.24) is 29.4 Å². The molecule has 2 aromatic heterocycles. The minimum Gasteiger partial charge on any atom is -0.350 e. The van der Waals surface area contributed by atoms with Crippen LogP contribution in [0.2, 0.25) is 5.28 Å². The van der Waals surface area contributed by atoms with E-state index in [1.54, 1.807) is 23.3 Å². The molecule has 8 heteroatoms. The molecule has 0 bridgehead atoms. The summed E-state index contributed by atoms with van der Waals surface area (Å²) < 4.78 is 1.71. The number of likely N-dealkylation sites (tertiary alicyclic amines) is 1. The lowest BCUT2D eigenvalue weighted by Crippen LogP contribution is -2.28. The summed E-state index contributed by atoms with van der Waals surface area (Å²) in [7, 11) is 0. The van der Waals surface area contributed by atoms with Gasteiger partial charge in [-0.15, -0.1) is 0 Å². The lowest BCUT2D eigenvalue weighted by atomic mass is 10.3. The Bertz CT molecular complexity index is 625. The molecule has 110 valence electrons. The highest BCUT2D eigenvalue weighted by Crippen LogP contribution is 2.30. The van der Waals surface area contributed by atoms with Crippen LogP contribution in [0.3, 0.4) is 0 Å². The molecule has 1 N–H and O–H groups in total. The molecule has 1 aliphatic carbocycles. The van der Waals surface area contributed by atoms with Gasteiger partial charge in [0.25, 0.3) is 0 Å². The Balaban J connectivity index is 1.50. The highest BCUT2D eigenvalue weighted by Gasteiger charge is 2.34. The molecule has 3 heterocycles. The summed E-state index contributed by atoms with van der Waals surface area (Å²) in [5.74, 6) is 1.01. The van der Waals surface area contributed by atoms with Crippen molar-refractivity contribution in [3.05, 3.63) is 24.0 Å². The van der Waals surface area contributed by atoms with Crippen LogP contribution in [0.4, 0.5) is 5.95 Å². The summed E-state index contributed by atoms with van der Waals surface area (Å²) in [5.41, 5.74) is 0. The minimum absolute atomic E-state index is 0.188. The summed E-state index contributed by atoms with van der Waals surface area (Å²) in [4.78, 5) is 19.2. The van der Waals surface area contributed by atoms with Gasteiger partial charge in [-0.25, -0.2) is 4.98 Å². The first-order valence-corrected chi connectivity index (χ1v) is 7.56. The van der Waals surface area contributed by atoms with Crippen molar-refractivity contribution in [3.63, 3.8) is 0 Å². The summed E-state index contributed by atoms with van der Waals surface area (Å²) in [6.07, 6.45) is 8.89. The van der Waals surface area contributed by atoms with Gasteiger partial charge in [-0.3, -0.25) is 9.47 Å². The SMILES string of the molecule is Clc1nc(NC2CCN(C3CC3)C2)nc(-n2ccnc2)n1. The second-order valence-corrected chi connectivity index (χ2v) is 5.89. The number of aromatic nitrogens is 5. The van der Waals surface area contributed by atoms with Gasteiger partial charge in [0, 0.05) is 37.6 Å². The maximum atomic E-state index is 6.00. The fraction of sp³-hybridized carbons (Fsp3) is 0.538. The molecule has 1 aliphatic heterocycles. The van der Waals surface area contributed by atoms with Crippen LogP contribution in [-0.2, 0) is 0 Å². The van der Waals surface area contributed by atoms with Crippen molar-refractivity contribution in [2.24, 2.45) is 0 Å². The number of hydrogen-bond donors (Lipinski definition) is 1. The highest BCUT2D eigenvalue weighted by atomic mass is 35.5. The molecule has 0 spiro atoms. The van der Waals surface area contributed by atoms with Crippen LogP contribution in [0.1, 0.15) is 19.3 Å². The summed E-state index contributed by atoms with van der Waals surface area (Å²) >= 11 is 6.00. The number of nitrogens with one attached hydrogen (secondary N) is 1. The number of hydrogen-bond acceptors (Lipinski definition) is 6. The molecule has 4 rings (SSSR count). The molecule has 1 unspecified atom stereocenters. The highest BCUT2D eigenvalue weighted by molar-refractivity contribution is 6.28. The fourth-order valence-electron chi connectivity index (χ4n) is 2.76. The van der Waals surface area contributed by atoms with Crippen LogP contribution in [0, 0.1) is 0 Å². The van der Waals surface area contributed by atoms with Crippen molar-refractivity contribution in [2.75, 3.05) is 18.4 Å². The van der Waals surface area contributed by atoms with Crippen molar-refractivity contribution in [1.29, 1.82) is 0 Å². The minimum atomic E-state index is 0.188. The van der Waals surface area contributed by atoms with E-state index in [-0.39, 0.29) is 5.28 Å². The van der Waals surface area contributed by atoms with Gasteiger partial charge >= 0.3 is 0 Å². The van der Waals surface area contributed by atoms with E-state index in [0.717, 1.165) is 25.6 Å². The maximum Gasteiger partial charge on any atom is 0.241 e. The van der Waals surface area contributed by atoms with Gasteiger partial charge in [0.2, 0.25) is 17.2 Å². The number of halogens is 1. The Morgan fingerprint density at radius 1 is 1.19 bits per heavy atom. The number of anilines is 1. The van der Waals surface area contributed by atoms with E-state index < -0.39 is 0 Å². The largest absolute Gasteiger partial charge is 0.350 e. The molecule has 2 fully saturated rings. The van der Waals surface area contributed by atoms with E-state index in [1.807, 2.05) is 0 Å². The fourth-order valence-corrected chi connectivity index (χ4v) is 2.91. The Morgan fingerprint density at radius 3 is 2.86 bits per heavy atom. The zero-order valence-corrected chi connectivity index (χ0v) is 12.2. The van der Waals surface area contributed by atoms with Crippen LogP contribution in [-0.4, -0.2) is 54.6 Å². The molecule has 1 saturated carbocycles. The molecule has 1 atom stereocenters. The zero-order chi connectivity index (χ0) is 14.2. The van der Waals surface area contributed by atoms with Crippen LogP contribution in [0.15, 0.2) is 18.7 Å². The molecule has 2 aliphatic rings. The Morgan fingerprint density at radius 2 is 2.10 bits per heavy atom. The standard InChI is InChI=1S/C13H16ClN7/c14-11-17-12(19-13(18-11)21-6-4-15-8-21)16-9-3-5-20(7-9)10-1-2-10/h4,6,8-10H,1-3,5,7H2,(H,16,17,18,19). The summed E-state index contributed by atoms with van der Waals surface area (Å²) in [6.45, 7) is 2.20. The predicted molar refractivity (Wildman–Crippen MR) is 78.6 cm³/mol.